The second-order valence-corrected chi connectivity index (χ2v) is 7.09. The normalized spacial score (nSPS) is 19.4. The maximum atomic E-state index is 12.5. The number of halogens is 3. The summed E-state index contributed by atoms with van der Waals surface area (Å²) in [6.07, 6.45) is -1.26. The predicted molar refractivity (Wildman–Crippen MR) is 98.7 cm³/mol. The maximum absolute atomic E-state index is 12.5. The van der Waals surface area contributed by atoms with Gasteiger partial charge in [-0.25, -0.2) is 4.98 Å². The van der Waals surface area contributed by atoms with Crippen LogP contribution in [0.25, 0.3) is 0 Å². The van der Waals surface area contributed by atoms with Crippen molar-refractivity contribution >= 4 is 5.91 Å². The molecule has 9 heteroatoms. The number of hydrogen-bond donors (Lipinski definition) is 1. The highest BCUT2D eigenvalue weighted by Gasteiger charge is 2.44. The van der Waals surface area contributed by atoms with Gasteiger partial charge in [-0.3, -0.25) is 9.78 Å². The fourth-order valence-corrected chi connectivity index (χ4v) is 3.16. The van der Waals surface area contributed by atoms with E-state index in [0.29, 0.717) is 5.69 Å². The van der Waals surface area contributed by atoms with Crippen LogP contribution in [0.2, 0.25) is 0 Å². The van der Waals surface area contributed by atoms with E-state index in [0.717, 1.165) is 29.5 Å². The van der Waals surface area contributed by atoms with Crippen LogP contribution in [-0.2, 0) is 4.79 Å². The van der Waals surface area contributed by atoms with Gasteiger partial charge in [-0.05, 0) is 43.4 Å². The Morgan fingerprint density at radius 2 is 2.07 bits per heavy atom. The first-order chi connectivity index (χ1) is 13.7. The van der Waals surface area contributed by atoms with Crippen molar-refractivity contribution in [3.8, 4) is 11.6 Å². The van der Waals surface area contributed by atoms with Crippen LogP contribution < -0.4 is 14.8 Å². The summed E-state index contributed by atoms with van der Waals surface area (Å²) in [5, 5.41) is 2.88. The first-order valence-corrected chi connectivity index (χ1v) is 9.14. The van der Waals surface area contributed by atoms with Crippen LogP contribution in [0, 0.1) is 12.8 Å². The summed E-state index contributed by atoms with van der Waals surface area (Å²) in [4.78, 5) is 20.4. The largest absolute Gasteiger partial charge is 0.496 e. The molecule has 1 fully saturated rings. The molecule has 1 aliphatic rings. The zero-order chi connectivity index (χ0) is 21.2. The Morgan fingerprint density at radius 1 is 1.31 bits per heavy atom. The molecule has 29 heavy (non-hydrogen) atoms. The van der Waals surface area contributed by atoms with E-state index in [9.17, 15) is 18.0 Å². The van der Waals surface area contributed by atoms with Crippen molar-refractivity contribution in [3.05, 3.63) is 47.4 Å². The average molecular weight is 409 g/mol. The summed E-state index contributed by atoms with van der Waals surface area (Å²) in [7, 11) is 1.62. The van der Waals surface area contributed by atoms with Gasteiger partial charge < -0.3 is 14.8 Å². The van der Waals surface area contributed by atoms with Crippen LogP contribution in [0.4, 0.5) is 13.2 Å². The third kappa shape index (κ3) is 5.36. The lowest BCUT2D eigenvalue weighted by atomic mass is 10.1. The molecule has 3 rings (SSSR count). The number of carbonyl (C=O) groups excluding carboxylic acids is 1. The molecule has 2 aromatic rings. The highest BCUT2D eigenvalue weighted by molar-refractivity contribution is 5.83. The van der Waals surface area contributed by atoms with Gasteiger partial charge in [-0.1, -0.05) is 12.1 Å². The van der Waals surface area contributed by atoms with Gasteiger partial charge >= 0.3 is 6.18 Å². The van der Waals surface area contributed by atoms with Crippen molar-refractivity contribution in [2.24, 2.45) is 5.92 Å². The van der Waals surface area contributed by atoms with Crippen LogP contribution in [-0.4, -0.2) is 35.8 Å². The molecule has 1 heterocycles. The standard InChI is InChI=1S/C20H22F3N3O3/c1-11-6-13(4-5-17(11)28-3)14-7-15(14)19(27)26-12(2)16-8-25-18(9-24-16)29-10-20(21,22)23/h4-6,8-9,12,14-15H,7,10H2,1-3H3,(H,26,27)/t12-,14-,15?/m1/s1. The van der Waals surface area contributed by atoms with E-state index in [1.165, 1.54) is 6.20 Å². The molecule has 1 aromatic carbocycles. The number of ether oxygens (including phenoxy) is 2. The molecule has 1 unspecified atom stereocenters. The van der Waals surface area contributed by atoms with E-state index < -0.39 is 18.8 Å². The first kappa shape index (κ1) is 20.9. The van der Waals surface area contributed by atoms with Gasteiger partial charge in [0.1, 0.15) is 5.75 Å². The fraction of sp³-hybridized carbons (Fsp3) is 0.450. The van der Waals surface area contributed by atoms with Crippen molar-refractivity contribution in [1.29, 1.82) is 0 Å². The molecule has 0 radical (unpaired) electrons. The number of nitrogens with zero attached hydrogens (tertiary/aromatic N) is 2. The van der Waals surface area contributed by atoms with Gasteiger partial charge in [0.25, 0.3) is 0 Å². The van der Waals surface area contributed by atoms with Gasteiger partial charge in [-0.15, -0.1) is 0 Å². The highest BCUT2D eigenvalue weighted by Crippen LogP contribution is 2.48. The quantitative estimate of drug-likeness (QED) is 0.755. The van der Waals surface area contributed by atoms with Crippen molar-refractivity contribution < 1.29 is 27.4 Å². The summed E-state index contributed by atoms with van der Waals surface area (Å²) in [6, 6.07) is 5.48. The summed E-state index contributed by atoms with van der Waals surface area (Å²) < 4.78 is 46.3. The van der Waals surface area contributed by atoms with Gasteiger partial charge in [0, 0.05) is 5.92 Å². The summed E-state index contributed by atoms with van der Waals surface area (Å²) in [5.41, 5.74) is 2.56. The molecule has 1 saturated carbocycles. The first-order valence-electron chi connectivity index (χ1n) is 9.14. The molecule has 1 aromatic heterocycles. The number of alkyl halides is 3. The Morgan fingerprint density at radius 3 is 2.66 bits per heavy atom. The minimum Gasteiger partial charge on any atom is -0.496 e. The lowest BCUT2D eigenvalue weighted by Gasteiger charge is -2.14. The van der Waals surface area contributed by atoms with Crippen LogP contribution >= 0.6 is 0 Å². The van der Waals surface area contributed by atoms with Gasteiger partial charge in [-0.2, -0.15) is 13.2 Å². The van der Waals surface area contributed by atoms with E-state index in [4.69, 9.17) is 4.74 Å². The monoisotopic (exact) mass is 409 g/mol. The smallest absolute Gasteiger partial charge is 0.422 e. The summed E-state index contributed by atoms with van der Waals surface area (Å²) in [5.74, 6) is 0.547. The zero-order valence-electron chi connectivity index (χ0n) is 16.3. The van der Waals surface area contributed by atoms with E-state index >= 15 is 0 Å². The second-order valence-electron chi connectivity index (χ2n) is 7.09. The Hall–Kier alpha value is -2.84. The number of amides is 1. The van der Waals surface area contributed by atoms with E-state index in [2.05, 4.69) is 20.0 Å². The minimum atomic E-state index is -4.44. The predicted octanol–water partition coefficient (Wildman–Crippen LogP) is 3.72. The Bertz CT molecular complexity index is 872. The van der Waals surface area contributed by atoms with Crippen molar-refractivity contribution in [2.75, 3.05) is 13.7 Å². The van der Waals surface area contributed by atoms with Gasteiger partial charge in [0.05, 0.1) is 31.2 Å². The molecule has 1 aliphatic carbocycles. The lowest BCUT2D eigenvalue weighted by molar-refractivity contribution is -0.154. The van der Waals surface area contributed by atoms with Crippen LogP contribution in [0.15, 0.2) is 30.6 Å². The molecular formula is C20H22F3N3O3. The van der Waals surface area contributed by atoms with E-state index in [1.807, 2.05) is 25.1 Å². The molecule has 3 atom stereocenters. The number of hydrogen-bond acceptors (Lipinski definition) is 5. The van der Waals surface area contributed by atoms with Crippen molar-refractivity contribution in [3.63, 3.8) is 0 Å². The second kappa shape index (κ2) is 8.26. The summed E-state index contributed by atoms with van der Waals surface area (Å²) in [6.45, 7) is 2.27. The third-order valence-electron chi connectivity index (χ3n) is 4.81. The number of methoxy groups -OCH3 is 1. The molecule has 6 nitrogen and oxygen atoms in total. The lowest BCUT2D eigenvalue weighted by Crippen LogP contribution is -2.29. The number of benzene rings is 1. The van der Waals surface area contributed by atoms with E-state index in [1.54, 1.807) is 14.0 Å². The number of carbonyl (C=O) groups is 1. The Kier molecular flexibility index (Phi) is 5.95. The van der Waals surface area contributed by atoms with Crippen molar-refractivity contribution in [2.45, 2.75) is 38.4 Å². The number of aryl methyl sites for hydroxylation is 1. The van der Waals surface area contributed by atoms with Crippen molar-refractivity contribution in [1.82, 2.24) is 15.3 Å². The summed E-state index contributed by atoms with van der Waals surface area (Å²) >= 11 is 0. The Balaban J connectivity index is 1.54. The molecule has 156 valence electrons. The number of aromatic nitrogens is 2. The van der Waals surface area contributed by atoms with Crippen LogP contribution in [0.5, 0.6) is 11.6 Å². The molecule has 0 saturated heterocycles. The number of nitrogens with one attached hydrogen (secondary N) is 1. The minimum absolute atomic E-state index is 0.0878. The third-order valence-corrected chi connectivity index (χ3v) is 4.81. The fourth-order valence-electron chi connectivity index (χ4n) is 3.16. The van der Waals surface area contributed by atoms with Crippen LogP contribution in [0.1, 0.15) is 42.1 Å². The van der Waals surface area contributed by atoms with Gasteiger partial charge in [0.2, 0.25) is 11.8 Å². The average Bonchev–Trinajstić information content (AvgIpc) is 3.47. The molecule has 1 N–H and O–H groups in total. The SMILES string of the molecule is COc1ccc([C@H]2CC2C(=O)N[C@H](C)c2cnc(OCC(F)(F)F)cn2)cc1C. The van der Waals surface area contributed by atoms with Crippen LogP contribution in [0.3, 0.4) is 0 Å². The molecule has 0 bridgehead atoms. The van der Waals surface area contributed by atoms with Gasteiger partial charge in [0.15, 0.2) is 6.61 Å². The maximum Gasteiger partial charge on any atom is 0.422 e. The Labute approximate surface area is 166 Å². The molecule has 0 aliphatic heterocycles. The molecule has 1 amide bonds. The zero-order valence-corrected chi connectivity index (χ0v) is 16.3. The highest BCUT2D eigenvalue weighted by atomic mass is 19.4. The molecule has 0 spiro atoms. The topological polar surface area (TPSA) is 73.3 Å². The number of rotatable bonds is 7. The molecular weight excluding hydrogens is 387 g/mol. The van der Waals surface area contributed by atoms with E-state index in [-0.39, 0.29) is 23.6 Å².